The molecule has 1 amide bonds. The van der Waals surface area contributed by atoms with E-state index in [1.807, 2.05) is 12.3 Å². The van der Waals surface area contributed by atoms with Crippen LogP contribution in [0.25, 0.3) is 5.82 Å². The van der Waals surface area contributed by atoms with Gasteiger partial charge in [0.05, 0.1) is 11.3 Å². The van der Waals surface area contributed by atoms with Gasteiger partial charge in [-0.1, -0.05) is 6.92 Å². The average molecular weight is 339 g/mol. The van der Waals surface area contributed by atoms with Gasteiger partial charge in [0, 0.05) is 23.5 Å². The fourth-order valence-corrected chi connectivity index (χ4v) is 3.99. The van der Waals surface area contributed by atoms with Gasteiger partial charge in [-0.05, 0) is 43.4 Å². The molecule has 0 unspecified atom stereocenters. The predicted octanol–water partition coefficient (Wildman–Crippen LogP) is 3.10. The Kier molecular flexibility index (Phi) is 3.86. The molecule has 1 aliphatic rings. The monoisotopic (exact) mass is 339 g/mol. The second-order valence-electron chi connectivity index (χ2n) is 6.05. The van der Waals surface area contributed by atoms with Crippen molar-refractivity contribution in [2.45, 2.75) is 26.2 Å². The highest BCUT2D eigenvalue weighted by Crippen LogP contribution is 2.32. The fourth-order valence-electron chi connectivity index (χ4n) is 2.82. The normalized spacial score (nSPS) is 16.6. The van der Waals surface area contributed by atoms with Gasteiger partial charge in [-0.3, -0.25) is 10.1 Å². The Balaban J connectivity index is 1.48. The van der Waals surface area contributed by atoms with Crippen LogP contribution in [0.2, 0.25) is 0 Å². The van der Waals surface area contributed by atoms with Gasteiger partial charge in [-0.15, -0.1) is 11.3 Å². The maximum absolute atomic E-state index is 12.4. The molecule has 1 aliphatic carbocycles. The van der Waals surface area contributed by atoms with Gasteiger partial charge >= 0.3 is 0 Å². The molecule has 4 rings (SSSR count). The van der Waals surface area contributed by atoms with Gasteiger partial charge in [0.1, 0.15) is 0 Å². The Morgan fingerprint density at radius 2 is 2.33 bits per heavy atom. The molecule has 0 saturated carbocycles. The predicted molar refractivity (Wildman–Crippen MR) is 92.6 cm³/mol. The summed E-state index contributed by atoms with van der Waals surface area (Å²) in [5, 5.41) is 7.68. The molecule has 0 saturated heterocycles. The van der Waals surface area contributed by atoms with Gasteiger partial charge in [0.15, 0.2) is 10.9 Å². The Morgan fingerprint density at radius 3 is 3.08 bits per heavy atom. The summed E-state index contributed by atoms with van der Waals surface area (Å²) in [7, 11) is 0. The molecular weight excluding hydrogens is 322 g/mol. The van der Waals surface area contributed by atoms with Crippen LogP contribution in [0.1, 0.15) is 34.3 Å². The Morgan fingerprint density at radius 1 is 1.42 bits per heavy atom. The largest absolute Gasteiger partial charge is 0.298 e. The van der Waals surface area contributed by atoms with Crippen LogP contribution in [0.3, 0.4) is 0 Å². The molecule has 122 valence electrons. The maximum Gasteiger partial charge on any atom is 0.259 e. The molecule has 3 aromatic rings. The number of thiazole rings is 1. The molecule has 0 aliphatic heterocycles. The molecular formula is C17H17N5OS. The van der Waals surface area contributed by atoms with E-state index >= 15 is 0 Å². The molecule has 1 N–H and O–H groups in total. The standard InChI is InChI=1S/C17H17N5OS/c1-11-3-5-13-14(9-11)24-17(20-13)21-16(23)12-4-6-15(18-10-12)22-8-2-7-19-22/h2,4,6-8,10-11H,3,5,9H2,1H3,(H,20,21,23)/t11-/m0/s1. The van der Waals surface area contributed by atoms with E-state index in [0.717, 1.165) is 18.5 Å². The summed E-state index contributed by atoms with van der Waals surface area (Å²) < 4.78 is 1.65. The van der Waals surface area contributed by atoms with Crippen molar-refractivity contribution in [3.8, 4) is 5.82 Å². The first-order chi connectivity index (χ1) is 11.7. The summed E-state index contributed by atoms with van der Waals surface area (Å²) in [6.45, 7) is 2.26. The van der Waals surface area contributed by atoms with Gasteiger partial charge < -0.3 is 0 Å². The highest BCUT2D eigenvalue weighted by atomic mass is 32.1. The lowest BCUT2D eigenvalue weighted by molar-refractivity contribution is 0.102. The lowest BCUT2D eigenvalue weighted by Gasteiger charge is -2.15. The third-order valence-electron chi connectivity index (χ3n) is 4.16. The number of pyridine rings is 1. The SMILES string of the molecule is C[C@H]1CCc2nc(NC(=O)c3ccc(-n4cccn4)nc3)sc2C1. The van der Waals surface area contributed by atoms with Crippen molar-refractivity contribution >= 4 is 22.4 Å². The second kappa shape index (κ2) is 6.16. The van der Waals surface area contributed by atoms with Crippen LogP contribution < -0.4 is 5.32 Å². The van der Waals surface area contributed by atoms with E-state index in [1.165, 1.54) is 11.3 Å². The Hall–Kier alpha value is -2.54. The van der Waals surface area contributed by atoms with E-state index < -0.39 is 0 Å². The number of carbonyl (C=O) groups is 1. The quantitative estimate of drug-likeness (QED) is 0.796. The zero-order valence-electron chi connectivity index (χ0n) is 13.3. The number of amides is 1. The zero-order chi connectivity index (χ0) is 16.5. The molecule has 1 atom stereocenters. The third kappa shape index (κ3) is 2.94. The minimum atomic E-state index is -0.186. The number of carbonyl (C=O) groups excluding carboxylic acids is 1. The molecule has 0 radical (unpaired) electrons. The van der Waals surface area contributed by atoms with E-state index in [2.05, 4.69) is 27.3 Å². The molecule has 6 nitrogen and oxygen atoms in total. The van der Waals surface area contributed by atoms with E-state index in [1.54, 1.807) is 40.5 Å². The first kappa shape index (κ1) is 15.0. The average Bonchev–Trinajstić information content (AvgIpc) is 3.23. The van der Waals surface area contributed by atoms with Crippen LogP contribution in [-0.2, 0) is 12.8 Å². The number of nitrogens with one attached hydrogen (secondary N) is 1. The number of nitrogens with zero attached hydrogens (tertiary/aromatic N) is 4. The van der Waals surface area contributed by atoms with Crippen molar-refractivity contribution in [2.24, 2.45) is 5.92 Å². The molecule has 7 heteroatoms. The van der Waals surface area contributed by atoms with E-state index in [4.69, 9.17) is 0 Å². The van der Waals surface area contributed by atoms with Crippen molar-refractivity contribution in [3.05, 3.63) is 52.9 Å². The van der Waals surface area contributed by atoms with Crippen molar-refractivity contribution in [3.63, 3.8) is 0 Å². The van der Waals surface area contributed by atoms with Crippen molar-refractivity contribution < 1.29 is 4.79 Å². The molecule has 24 heavy (non-hydrogen) atoms. The first-order valence-electron chi connectivity index (χ1n) is 7.95. The maximum atomic E-state index is 12.4. The highest BCUT2D eigenvalue weighted by Gasteiger charge is 2.20. The van der Waals surface area contributed by atoms with E-state index in [-0.39, 0.29) is 5.91 Å². The summed E-state index contributed by atoms with van der Waals surface area (Å²) in [5.41, 5.74) is 1.65. The summed E-state index contributed by atoms with van der Waals surface area (Å²) in [6.07, 6.45) is 8.29. The zero-order valence-corrected chi connectivity index (χ0v) is 14.1. The summed E-state index contributed by atoms with van der Waals surface area (Å²) in [4.78, 5) is 22.5. The number of fused-ring (bicyclic) bond motifs is 1. The van der Waals surface area contributed by atoms with Crippen molar-refractivity contribution in [1.29, 1.82) is 0 Å². The summed E-state index contributed by atoms with van der Waals surface area (Å²) in [6, 6.07) is 5.35. The number of hydrogen-bond donors (Lipinski definition) is 1. The number of hydrogen-bond acceptors (Lipinski definition) is 5. The second-order valence-corrected chi connectivity index (χ2v) is 7.13. The minimum absolute atomic E-state index is 0.186. The first-order valence-corrected chi connectivity index (χ1v) is 8.76. The summed E-state index contributed by atoms with van der Waals surface area (Å²) in [5.74, 6) is 1.18. The van der Waals surface area contributed by atoms with Gasteiger partial charge in [0.2, 0.25) is 0 Å². The number of aromatic nitrogens is 4. The lowest BCUT2D eigenvalue weighted by Crippen LogP contribution is -2.12. The van der Waals surface area contributed by atoms with Gasteiger partial charge in [-0.2, -0.15) is 5.10 Å². The van der Waals surface area contributed by atoms with Crippen LogP contribution in [0.15, 0.2) is 36.8 Å². The molecule has 0 aromatic carbocycles. The van der Waals surface area contributed by atoms with E-state index in [9.17, 15) is 4.79 Å². The highest BCUT2D eigenvalue weighted by molar-refractivity contribution is 7.15. The number of rotatable bonds is 3. The Bertz CT molecular complexity index is 854. The van der Waals surface area contributed by atoms with Gasteiger partial charge in [-0.25, -0.2) is 14.6 Å². The lowest BCUT2D eigenvalue weighted by atomic mass is 9.93. The van der Waals surface area contributed by atoms with Crippen LogP contribution >= 0.6 is 11.3 Å². The smallest absolute Gasteiger partial charge is 0.259 e. The third-order valence-corrected chi connectivity index (χ3v) is 5.19. The van der Waals surface area contributed by atoms with E-state index in [0.29, 0.717) is 22.4 Å². The van der Waals surface area contributed by atoms with Crippen molar-refractivity contribution in [1.82, 2.24) is 19.7 Å². The van der Waals surface area contributed by atoms with Crippen LogP contribution in [0.5, 0.6) is 0 Å². The molecule has 0 spiro atoms. The molecule has 3 heterocycles. The van der Waals surface area contributed by atoms with Crippen LogP contribution in [0.4, 0.5) is 5.13 Å². The topological polar surface area (TPSA) is 72.7 Å². The fraction of sp³-hybridized carbons (Fsp3) is 0.294. The molecule has 3 aromatic heterocycles. The minimum Gasteiger partial charge on any atom is -0.298 e. The number of anilines is 1. The van der Waals surface area contributed by atoms with Crippen LogP contribution in [0, 0.1) is 5.92 Å². The Labute approximate surface area is 143 Å². The van der Waals surface area contributed by atoms with Gasteiger partial charge in [0.25, 0.3) is 5.91 Å². The molecule has 0 fully saturated rings. The van der Waals surface area contributed by atoms with Crippen LogP contribution in [-0.4, -0.2) is 25.7 Å². The number of aryl methyl sites for hydroxylation is 1. The van der Waals surface area contributed by atoms with Crippen molar-refractivity contribution in [2.75, 3.05) is 5.32 Å². The summed E-state index contributed by atoms with van der Waals surface area (Å²) >= 11 is 1.59. The molecule has 0 bridgehead atoms.